The van der Waals surface area contributed by atoms with Gasteiger partial charge in [-0.25, -0.2) is 0 Å². The first-order chi connectivity index (χ1) is 9.19. The number of aliphatic hydroxyl groups is 1. The third-order valence-electron chi connectivity index (χ3n) is 3.93. The summed E-state index contributed by atoms with van der Waals surface area (Å²) in [6.07, 6.45) is 3.16. The molecule has 2 unspecified atom stereocenters. The Labute approximate surface area is 118 Å². The Morgan fingerprint density at radius 1 is 1.42 bits per heavy atom. The van der Waals surface area contributed by atoms with Crippen LogP contribution in [0.5, 0.6) is 0 Å². The van der Waals surface area contributed by atoms with E-state index in [-0.39, 0.29) is 6.61 Å². The van der Waals surface area contributed by atoms with Gasteiger partial charge in [-0.15, -0.1) is 0 Å². The van der Waals surface area contributed by atoms with Crippen LogP contribution >= 0.6 is 0 Å². The minimum atomic E-state index is 0.280. The van der Waals surface area contributed by atoms with Crippen LogP contribution in [0.1, 0.15) is 40.0 Å². The highest BCUT2D eigenvalue weighted by atomic mass is 16.5. The van der Waals surface area contributed by atoms with Gasteiger partial charge in [0.15, 0.2) is 0 Å². The number of ether oxygens (including phenoxy) is 1. The molecule has 0 amide bonds. The molecule has 1 aliphatic heterocycles. The van der Waals surface area contributed by atoms with E-state index in [4.69, 9.17) is 9.84 Å². The first-order valence-corrected chi connectivity index (χ1v) is 7.85. The Bertz CT molecular complexity index is 224. The topological polar surface area (TPSA) is 44.7 Å². The largest absolute Gasteiger partial charge is 0.396 e. The van der Waals surface area contributed by atoms with Crippen molar-refractivity contribution in [2.24, 2.45) is 5.92 Å². The van der Waals surface area contributed by atoms with Crippen molar-refractivity contribution in [3.8, 4) is 0 Å². The minimum Gasteiger partial charge on any atom is -0.396 e. The van der Waals surface area contributed by atoms with Gasteiger partial charge in [0.25, 0.3) is 0 Å². The zero-order chi connectivity index (χ0) is 14.1. The third-order valence-corrected chi connectivity index (χ3v) is 3.93. The third kappa shape index (κ3) is 6.21. The molecular formula is C15H32N2O2. The van der Waals surface area contributed by atoms with Gasteiger partial charge in [-0.3, -0.25) is 0 Å². The predicted molar refractivity (Wildman–Crippen MR) is 79.4 cm³/mol. The molecule has 0 aromatic carbocycles. The monoisotopic (exact) mass is 272 g/mol. The van der Waals surface area contributed by atoms with E-state index in [0.29, 0.717) is 18.0 Å². The molecule has 19 heavy (non-hydrogen) atoms. The fourth-order valence-corrected chi connectivity index (χ4v) is 2.71. The van der Waals surface area contributed by atoms with Gasteiger partial charge < -0.3 is 20.1 Å². The summed E-state index contributed by atoms with van der Waals surface area (Å²) in [5.41, 5.74) is 0. The number of nitrogens with one attached hydrogen (secondary N) is 1. The van der Waals surface area contributed by atoms with E-state index in [1.807, 2.05) is 0 Å². The van der Waals surface area contributed by atoms with Gasteiger partial charge in [-0.05, 0) is 39.7 Å². The van der Waals surface area contributed by atoms with Crippen LogP contribution in [0, 0.1) is 5.92 Å². The van der Waals surface area contributed by atoms with Crippen LogP contribution in [0.2, 0.25) is 0 Å². The van der Waals surface area contributed by atoms with Crippen LogP contribution in [0.4, 0.5) is 0 Å². The maximum Gasteiger partial charge on any atom is 0.0521 e. The molecule has 0 aromatic heterocycles. The van der Waals surface area contributed by atoms with Crippen molar-refractivity contribution in [1.82, 2.24) is 10.2 Å². The van der Waals surface area contributed by atoms with Gasteiger partial charge in [-0.1, -0.05) is 6.92 Å². The number of hydrogen-bond acceptors (Lipinski definition) is 4. The quantitative estimate of drug-likeness (QED) is 0.667. The summed E-state index contributed by atoms with van der Waals surface area (Å²) in [6.45, 7) is 11.8. The highest BCUT2D eigenvalue weighted by Gasteiger charge is 2.27. The van der Waals surface area contributed by atoms with Gasteiger partial charge in [0, 0.05) is 44.3 Å². The van der Waals surface area contributed by atoms with Crippen molar-refractivity contribution < 1.29 is 9.84 Å². The normalized spacial score (nSPS) is 24.3. The van der Waals surface area contributed by atoms with E-state index >= 15 is 0 Å². The predicted octanol–water partition coefficient (Wildman–Crippen LogP) is 1.48. The fourth-order valence-electron chi connectivity index (χ4n) is 2.71. The SMILES string of the molecule is CCCNC1CCOCC1CN(CCCO)C(C)C. The highest BCUT2D eigenvalue weighted by molar-refractivity contribution is 4.83. The smallest absolute Gasteiger partial charge is 0.0521 e. The second-order valence-corrected chi connectivity index (χ2v) is 5.85. The fraction of sp³-hybridized carbons (Fsp3) is 1.00. The summed E-state index contributed by atoms with van der Waals surface area (Å²) in [5.74, 6) is 0.571. The Balaban J connectivity index is 2.47. The van der Waals surface area contributed by atoms with E-state index in [1.54, 1.807) is 0 Å². The lowest BCUT2D eigenvalue weighted by molar-refractivity contribution is 0.0114. The summed E-state index contributed by atoms with van der Waals surface area (Å²) in [7, 11) is 0. The molecule has 1 aliphatic rings. The first-order valence-electron chi connectivity index (χ1n) is 7.85. The van der Waals surface area contributed by atoms with E-state index in [9.17, 15) is 0 Å². The van der Waals surface area contributed by atoms with E-state index < -0.39 is 0 Å². The van der Waals surface area contributed by atoms with Crippen molar-refractivity contribution in [2.75, 3.05) is 39.5 Å². The zero-order valence-corrected chi connectivity index (χ0v) is 12.9. The molecule has 1 rings (SSSR count). The average molecular weight is 272 g/mol. The second-order valence-electron chi connectivity index (χ2n) is 5.85. The van der Waals surface area contributed by atoms with Crippen LogP contribution in [-0.4, -0.2) is 61.5 Å². The maximum absolute atomic E-state index is 9.01. The van der Waals surface area contributed by atoms with Crippen LogP contribution in [0.25, 0.3) is 0 Å². The van der Waals surface area contributed by atoms with Crippen molar-refractivity contribution in [3.63, 3.8) is 0 Å². The van der Waals surface area contributed by atoms with Crippen LogP contribution in [0.15, 0.2) is 0 Å². The summed E-state index contributed by atoms with van der Waals surface area (Å²) in [6, 6.07) is 1.12. The van der Waals surface area contributed by atoms with Gasteiger partial charge in [0.05, 0.1) is 6.61 Å². The van der Waals surface area contributed by atoms with Gasteiger partial charge in [-0.2, -0.15) is 0 Å². The lowest BCUT2D eigenvalue weighted by Crippen LogP contribution is -2.49. The second kappa shape index (κ2) is 9.70. The molecule has 1 saturated heterocycles. The molecule has 1 fully saturated rings. The first kappa shape index (κ1) is 16.9. The number of hydrogen-bond donors (Lipinski definition) is 2. The average Bonchev–Trinajstić information content (AvgIpc) is 2.41. The summed E-state index contributed by atoms with van der Waals surface area (Å²) in [5, 5.41) is 12.7. The lowest BCUT2D eigenvalue weighted by atomic mass is 9.94. The molecule has 0 bridgehead atoms. The molecule has 0 spiro atoms. The zero-order valence-electron chi connectivity index (χ0n) is 12.9. The molecule has 4 heteroatoms. The Hall–Kier alpha value is -0.160. The van der Waals surface area contributed by atoms with Gasteiger partial charge in [0.1, 0.15) is 0 Å². The summed E-state index contributed by atoms with van der Waals surface area (Å²) < 4.78 is 5.66. The molecule has 2 N–H and O–H groups in total. The van der Waals surface area contributed by atoms with E-state index in [0.717, 1.165) is 45.7 Å². The summed E-state index contributed by atoms with van der Waals surface area (Å²) >= 11 is 0. The molecule has 0 aliphatic carbocycles. The van der Waals surface area contributed by atoms with Crippen LogP contribution < -0.4 is 5.32 Å². The number of rotatable bonds is 9. The Morgan fingerprint density at radius 3 is 2.84 bits per heavy atom. The molecule has 114 valence electrons. The van der Waals surface area contributed by atoms with Crippen molar-refractivity contribution in [2.45, 2.75) is 52.1 Å². The maximum atomic E-state index is 9.01. The van der Waals surface area contributed by atoms with Crippen molar-refractivity contribution in [1.29, 1.82) is 0 Å². The van der Waals surface area contributed by atoms with Gasteiger partial charge >= 0.3 is 0 Å². The molecule has 1 heterocycles. The molecular weight excluding hydrogens is 240 g/mol. The minimum absolute atomic E-state index is 0.280. The van der Waals surface area contributed by atoms with Crippen molar-refractivity contribution >= 4 is 0 Å². The Kier molecular flexibility index (Phi) is 8.62. The molecule has 0 saturated carbocycles. The van der Waals surface area contributed by atoms with Gasteiger partial charge in [0.2, 0.25) is 0 Å². The molecule has 0 aromatic rings. The molecule has 2 atom stereocenters. The summed E-state index contributed by atoms with van der Waals surface area (Å²) in [4.78, 5) is 2.47. The number of nitrogens with zero attached hydrogens (tertiary/aromatic N) is 1. The van der Waals surface area contributed by atoms with Crippen molar-refractivity contribution in [3.05, 3.63) is 0 Å². The van der Waals surface area contributed by atoms with Crippen LogP contribution in [-0.2, 0) is 4.74 Å². The highest BCUT2D eigenvalue weighted by Crippen LogP contribution is 2.17. The Morgan fingerprint density at radius 2 is 2.21 bits per heavy atom. The standard InChI is InChI=1S/C15H32N2O2/c1-4-7-16-15-6-10-19-12-14(15)11-17(13(2)3)8-5-9-18/h13-16,18H,4-12H2,1-3H3. The molecule has 0 radical (unpaired) electrons. The molecule has 4 nitrogen and oxygen atoms in total. The van der Waals surface area contributed by atoms with Crippen LogP contribution in [0.3, 0.4) is 0 Å². The number of aliphatic hydroxyl groups excluding tert-OH is 1. The van der Waals surface area contributed by atoms with E-state index in [1.165, 1.54) is 6.42 Å². The lowest BCUT2D eigenvalue weighted by Gasteiger charge is -2.37. The van der Waals surface area contributed by atoms with E-state index in [2.05, 4.69) is 31.0 Å².